The molecule has 1 aliphatic carbocycles. The Morgan fingerprint density at radius 3 is 2.40 bits per heavy atom. The lowest BCUT2D eigenvalue weighted by atomic mass is 10.1. The quantitative estimate of drug-likeness (QED) is 0.735. The van der Waals surface area contributed by atoms with E-state index in [0.29, 0.717) is 17.9 Å². The molecule has 1 saturated carbocycles. The summed E-state index contributed by atoms with van der Waals surface area (Å²) in [5.74, 6) is 2.84. The van der Waals surface area contributed by atoms with Crippen molar-refractivity contribution in [2.24, 2.45) is 5.92 Å². The molecule has 0 aromatic rings. The van der Waals surface area contributed by atoms with Gasteiger partial charge in [0.2, 0.25) is 5.91 Å². The number of rotatable bonds is 2. The second-order valence-electron chi connectivity index (χ2n) is 4.76. The molecule has 1 amide bonds. The molecule has 86 valence electrons. The first-order valence-corrected chi connectivity index (χ1v) is 7.40. The van der Waals surface area contributed by atoms with Gasteiger partial charge in [0.15, 0.2) is 0 Å². The van der Waals surface area contributed by atoms with Crippen molar-refractivity contribution < 1.29 is 4.79 Å². The third-order valence-corrected chi connectivity index (χ3v) is 4.66. The number of carbonyl (C=O) groups excluding carboxylic acids is 1. The molecule has 0 aromatic heterocycles. The normalized spacial score (nSPS) is 28.7. The molecule has 0 spiro atoms. The Kier molecular flexibility index (Phi) is 4.36. The summed E-state index contributed by atoms with van der Waals surface area (Å²) in [5, 5.41) is 3.25. The molecule has 1 atom stereocenters. The maximum Gasteiger partial charge on any atom is 0.224 e. The van der Waals surface area contributed by atoms with Crippen molar-refractivity contribution in [1.82, 2.24) is 5.32 Å². The van der Waals surface area contributed by atoms with Crippen molar-refractivity contribution >= 4 is 17.7 Å². The van der Waals surface area contributed by atoms with Gasteiger partial charge >= 0.3 is 0 Å². The highest BCUT2D eigenvalue weighted by Gasteiger charge is 2.25. The van der Waals surface area contributed by atoms with Crippen LogP contribution in [0.25, 0.3) is 0 Å². The molecule has 0 radical (unpaired) electrons. The molecular weight excluding hydrogens is 206 g/mol. The SMILES string of the molecule is O=C(NC1CCCCCC1)C1CCSC1. The molecule has 0 bridgehead atoms. The Morgan fingerprint density at radius 1 is 1.07 bits per heavy atom. The van der Waals surface area contributed by atoms with Crippen LogP contribution >= 0.6 is 11.8 Å². The maximum atomic E-state index is 11.9. The number of thioether (sulfide) groups is 1. The standard InChI is InChI=1S/C12H21NOS/c14-12(10-7-8-15-9-10)13-11-5-3-1-2-4-6-11/h10-11H,1-9H2,(H,13,14). The summed E-state index contributed by atoms with van der Waals surface area (Å²) in [6.45, 7) is 0. The number of hydrogen-bond acceptors (Lipinski definition) is 2. The van der Waals surface area contributed by atoms with E-state index in [2.05, 4.69) is 5.32 Å². The molecule has 0 aromatic carbocycles. The summed E-state index contributed by atoms with van der Waals surface area (Å²) >= 11 is 1.92. The van der Waals surface area contributed by atoms with Gasteiger partial charge in [-0.3, -0.25) is 4.79 Å². The van der Waals surface area contributed by atoms with Gasteiger partial charge in [-0.1, -0.05) is 25.7 Å². The van der Waals surface area contributed by atoms with Crippen LogP contribution < -0.4 is 5.32 Å². The van der Waals surface area contributed by atoms with Crippen LogP contribution in [0.2, 0.25) is 0 Å². The van der Waals surface area contributed by atoms with E-state index in [1.54, 1.807) is 0 Å². The minimum absolute atomic E-state index is 0.304. The van der Waals surface area contributed by atoms with Crippen LogP contribution in [0.4, 0.5) is 0 Å². The smallest absolute Gasteiger partial charge is 0.224 e. The summed E-state index contributed by atoms with van der Waals surface area (Å²) in [6.07, 6.45) is 8.78. The van der Waals surface area contributed by atoms with Gasteiger partial charge in [-0.05, 0) is 25.0 Å². The fourth-order valence-electron chi connectivity index (χ4n) is 2.48. The topological polar surface area (TPSA) is 29.1 Å². The van der Waals surface area contributed by atoms with Crippen LogP contribution in [-0.4, -0.2) is 23.5 Å². The molecule has 3 heteroatoms. The first-order chi connectivity index (χ1) is 7.36. The Bertz CT molecular complexity index is 206. The van der Waals surface area contributed by atoms with E-state index in [4.69, 9.17) is 0 Å². The molecule has 2 fully saturated rings. The molecule has 2 rings (SSSR count). The van der Waals surface area contributed by atoms with E-state index >= 15 is 0 Å². The second-order valence-corrected chi connectivity index (χ2v) is 5.91. The summed E-state index contributed by atoms with van der Waals surface area (Å²) in [4.78, 5) is 11.9. The molecule has 1 N–H and O–H groups in total. The average molecular weight is 227 g/mol. The number of nitrogens with one attached hydrogen (secondary N) is 1. The van der Waals surface area contributed by atoms with Gasteiger partial charge in [0.05, 0.1) is 0 Å². The van der Waals surface area contributed by atoms with Crippen molar-refractivity contribution in [2.45, 2.75) is 51.0 Å². The number of carbonyl (C=O) groups is 1. The van der Waals surface area contributed by atoms with Crippen LogP contribution in [0.1, 0.15) is 44.9 Å². The highest BCUT2D eigenvalue weighted by molar-refractivity contribution is 7.99. The third-order valence-electron chi connectivity index (χ3n) is 3.50. The minimum atomic E-state index is 0.304. The Morgan fingerprint density at radius 2 is 1.80 bits per heavy atom. The largest absolute Gasteiger partial charge is 0.353 e. The zero-order valence-corrected chi connectivity index (χ0v) is 10.2. The molecule has 1 unspecified atom stereocenters. The monoisotopic (exact) mass is 227 g/mol. The fraction of sp³-hybridized carbons (Fsp3) is 0.917. The zero-order chi connectivity index (χ0) is 10.5. The predicted molar refractivity (Wildman–Crippen MR) is 65.1 cm³/mol. The van der Waals surface area contributed by atoms with Gasteiger partial charge in [-0.2, -0.15) is 11.8 Å². The van der Waals surface area contributed by atoms with Gasteiger partial charge in [0.25, 0.3) is 0 Å². The highest BCUT2D eigenvalue weighted by Crippen LogP contribution is 2.24. The minimum Gasteiger partial charge on any atom is -0.353 e. The fourth-order valence-corrected chi connectivity index (χ4v) is 3.70. The highest BCUT2D eigenvalue weighted by atomic mass is 32.2. The van der Waals surface area contributed by atoms with Crippen LogP contribution in [0.3, 0.4) is 0 Å². The van der Waals surface area contributed by atoms with Crippen molar-refractivity contribution in [3.05, 3.63) is 0 Å². The number of amides is 1. The average Bonchev–Trinajstić information content (AvgIpc) is 2.65. The molecule has 2 aliphatic rings. The van der Waals surface area contributed by atoms with Gasteiger partial charge in [-0.25, -0.2) is 0 Å². The Balaban J connectivity index is 1.76. The van der Waals surface area contributed by atoms with E-state index in [1.807, 2.05) is 11.8 Å². The summed E-state index contributed by atoms with van der Waals surface area (Å²) in [5.41, 5.74) is 0. The third kappa shape index (κ3) is 3.40. The second kappa shape index (κ2) is 5.78. The summed E-state index contributed by atoms with van der Waals surface area (Å²) < 4.78 is 0. The first-order valence-electron chi connectivity index (χ1n) is 6.24. The molecule has 1 aliphatic heterocycles. The van der Waals surface area contributed by atoms with Gasteiger partial charge < -0.3 is 5.32 Å². The summed E-state index contributed by atoms with van der Waals surface area (Å²) in [6, 6.07) is 0.477. The van der Waals surface area contributed by atoms with E-state index < -0.39 is 0 Å². The van der Waals surface area contributed by atoms with Gasteiger partial charge in [0.1, 0.15) is 0 Å². The maximum absolute atomic E-state index is 11.9. The van der Waals surface area contributed by atoms with E-state index in [-0.39, 0.29) is 0 Å². The van der Waals surface area contributed by atoms with Crippen molar-refractivity contribution in [3.63, 3.8) is 0 Å². The molecule has 1 heterocycles. The van der Waals surface area contributed by atoms with Crippen LogP contribution in [0.15, 0.2) is 0 Å². The molecule has 15 heavy (non-hydrogen) atoms. The van der Waals surface area contributed by atoms with E-state index in [9.17, 15) is 4.79 Å². The lowest BCUT2D eigenvalue weighted by molar-refractivity contribution is -0.125. The number of hydrogen-bond donors (Lipinski definition) is 1. The Hall–Kier alpha value is -0.180. The van der Waals surface area contributed by atoms with E-state index in [1.165, 1.54) is 44.3 Å². The molecule has 1 saturated heterocycles. The first kappa shape index (κ1) is 11.3. The van der Waals surface area contributed by atoms with Crippen LogP contribution in [0, 0.1) is 5.92 Å². The van der Waals surface area contributed by atoms with Crippen LogP contribution in [0.5, 0.6) is 0 Å². The zero-order valence-electron chi connectivity index (χ0n) is 9.34. The van der Waals surface area contributed by atoms with E-state index in [0.717, 1.165) is 12.2 Å². The van der Waals surface area contributed by atoms with Crippen molar-refractivity contribution in [2.75, 3.05) is 11.5 Å². The van der Waals surface area contributed by atoms with Gasteiger partial charge in [-0.15, -0.1) is 0 Å². The van der Waals surface area contributed by atoms with Crippen molar-refractivity contribution in [1.29, 1.82) is 0 Å². The summed E-state index contributed by atoms with van der Waals surface area (Å²) in [7, 11) is 0. The molecule has 2 nitrogen and oxygen atoms in total. The van der Waals surface area contributed by atoms with Crippen molar-refractivity contribution in [3.8, 4) is 0 Å². The Labute approximate surface area is 96.6 Å². The lowest BCUT2D eigenvalue weighted by Crippen LogP contribution is -2.38. The van der Waals surface area contributed by atoms with Crippen LogP contribution in [-0.2, 0) is 4.79 Å². The lowest BCUT2D eigenvalue weighted by Gasteiger charge is -2.18. The predicted octanol–water partition coefficient (Wildman–Crippen LogP) is 2.58. The van der Waals surface area contributed by atoms with Gasteiger partial charge in [0, 0.05) is 17.7 Å². The molecular formula is C12H21NOS.